The average molecular weight is 203 g/mol. The van der Waals surface area contributed by atoms with E-state index in [1.54, 1.807) is 0 Å². The summed E-state index contributed by atoms with van der Waals surface area (Å²) in [6.45, 7) is 8.52. The van der Waals surface area contributed by atoms with Crippen molar-refractivity contribution in [2.75, 3.05) is 26.3 Å². The van der Waals surface area contributed by atoms with E-state index in [0.717, 1.165) is 6.54 Å². The van der Waals surface area contributed by atoms with Crippen LogP contribution in [-0.4, -0.2) is 48.3 Å². The molecule has 0 heterocycles. The number of carbonyl (C=O) groups is 1. The predicted molar refractivity (Wildman–Crippen MR) is 55.5 cm³/mol. The van der Waals surface area contributed by atoms with Crippen LogP contribution in [0.15, 0.2) is 0 Å². The smallest absolute Gasteiger partial charge is 0.320 e. The monoisotopic (exact) mass is 203 g/mol. The Morgan fingerprint density at radius 2 is 2.07 bits per heavy atom. The highest BCUT2D eigenvalue weighted by Crippen LogP contribution is 2.03. The van der Waals surface area contributed by atoms with Crippen LogP contribution in [0.1, 0.15) is 27.2 Å². The normalized spacial score (nSPS) is 13.1. The molecule has 1 N–H and O–H groups in total. The van der Waals surface area contributed by atoms with Gasteiger partial charge in [-0.3, -0.25) is 9.69 Å². The molecule has 0 bridgehead atoms. The lowest BCUT2D eigenvalue weighted by Crippen LogP contribution is -2.42. The van der Waals surface area contributed by atoms with Crippen LogP contribution in [-0.2, 0) is 9.53 Å². The molecule has 0 amide bonds. The maximum atomic E-state index is 10.9. The van der Waals surface area contributed by atoms with Crippen molar-refractivity contribution in [3.05, 3.63) is 0 Å². The van der Waals surface area contributed by atoms with Gasteiger partial charge in [0.1, 0.15) is 6.04 Å². The quantitative estimate of drug-likeness (QED) is 0.602. The molecule has 84 valence electrons. The van der Waals surface area contributed by atoms with E-state index in [9.17, 15) is 4.79 Å². The molecule has 0 rings (SSSR count). The van der Waals surface area contributed by atoms with Gasteiger partial charge in [-0.15, -0.1) is 0 Å². The first-order valence-corrected chi connectivity index (χ1v) is 5.21. The number of hydrogen-bond donors (Lipinski definition) is 1. The van der Waals surface area contributed by atoms with Gasteiger partial charge in [0, 0.05) is 13.2 Å². The number of likely N-dealkylation sites (N-methyl/N-ethyl adjacent to an activating group) is 1. The van der Waals surface area contributed by atoms with E-state index in [0.29, 0.717) is 26.2 Å². The molecule has 1 unspecified atom stereocenters. The number of hydrogen-bond acceptors (Lipinski definition) is 3. The van der Waals surface area contributed by atoms with Crippen molar-refractivity contribution in [1.29, 1.82) is 0 Å². The molecule has 0 fully saturated rings. The minimum absolute atomic E-state index is 0.375. The van der Waals surface area contributed by atoms with Crippen LogP contribution in [0.2, 0.25) is 0 Å². The number of rotatable bonds is 8. The summed E-state index contributed by atoms with van der Waals surface area (Å²) in [6, 6.07) is -0.375. The number of aliphatic carboxylic acids is 1. The zero-order valence-electron chi connectivity index (χ0n) is 9.32. The first-order valence-electron chi connectivity index (χ1n) is 5.21. The zero-order valence-corrected chi connectivity index (χ0v) is 9.32. The summed E-state index contributed by atoms with van der Waals surface area (Å²) in [5, 5.41) is 8.95. The van der Waals surface area contributed by atoms with Crippen LogP contribution in [0.5, 0.6) is 0 Å². The number of nitrogens with zero attached hydrogens (tertiary/aromatic N) is 1. The maximum Gasteiger partial charge on any atom is 0.320 e. The van der Waals surface area contributed by atoms with E-state index in [-0.39, 0.29) is 6.04 Å². The van der Waals surface area contributed by atoms with Crippen molar-refractivity contribution < 1.29 is 14.6 Å². The third-order valence-electron chi connectivity index (χ3n) is 2.25. The zero-order chi connectivity index (χ0) is 11.0. The van der Waals surface area contributed by atoms with Crippen LogP contribution >= 0.6 is 0 Å². The Balaban J connectivity index is 4.01. The lowest BCUT2D eigenvalue weighted by atomic mass is 10.2. The van der Waals surface area contributed by atoms with Crippen molar-refractivity contribution in [3.8, 4) is 0 Å². The molecule has 0 aliphatic rings. The minimum atomic E-state index is -0.745. The molecule has 0 aliphatic carbocycles. The van der Waals surface area contributed by atoms with Crippen molar-refractivity contribution in [1.82, 2.24) is 4.90 Å². The van der Waals surface area contributed by atoms with Gasteiger partial charge in [0.15, 0.2) is 0 Å². The van der Waals surface area contributed by atoms with E-state index in [1.807, 2.05) is 25.7 Å². The molecule has 0 aromatic heterocycles. The molecule has 4 nitrogen and oxygen atoms in total. The highest BCUT2D eigenvalue weighted by Gasteiger charge is 2.21. The van der Waals surface area contributed by atoms with Crippen LogP contribution in [0.3, 0.4) is 0 Å². The Morgan fingerprint density at radius 1 is 1.43 bits per heavy atom. The molecule has 14 heavy (non-hydrogen) atoms. The highest BCUT2D eigenvalue weighted by molar-refractivity contribution is 5.73. The lowest BCUT2D eigenvalue weighted by Gasteiger charge is -2.26. The second kappa shape index (κ2) is 7.76. The van der Waals surface area contributed by atoms with Crippen molar-refractivity contribution in [2.45, 2.75) is 33.2 Å². The number of ether oxygens (including phenoxy) is 1. The molecule has 0 saturated carbocycles. The molecular formula is C10H21NO3. The van der Waals surface area contributed by atoms with E-state index in [4.69, 9.17) is 9.84 Å². The molecule has 0 aromatic carbocycles. The fraction of sp³-hybridized carbons (Fsp3) is 0.900. The summed E-state index contributed by atoms with van der Waals surface area (Å²) >= 11 is 0. The van der Waals surface area contributed by atoms with Gasteiger partial charge in [0.25, 0.3) is 0 Å². The second-order valence-electron chi connectivity index (χ2n) is 3.09. The van der Waals surface area contributed by atoms with Gasteiger partial charge < -0.3 is 9.84 Å². The Kier molecular flexibility index (Phi) is 7.42. The molecule has 0 radical (unpaired) electrons. The summed E-state index contributed by atoms with van der Waals surface area (Å²) < 4.78 is 5.21. The predicted octanol–water partition coefficient (Wildman–Crippen LogP) is 1.21. The fourth-order valence-electron chi connectivity index (χ4n) is 1.45. The summed E-state index contributed by atoms with van der Waals surface area (Å²) in [4.78, 5) is 12.8. The van der Waals surface area contributed by atoms with Crippen LogP contribution in [0.4, 0.5) is 0 Å². The Morgan fingerprint density at radius 3 is 2.43 bits per heavy atom. The van der Waals surface area contributed by atoms with Gasteiger partial charge >= 0.3 is 5.97 Å². The van der Waals surface area contributed by atoms with Gasteiger partial charge in [-0.05, 0) is 19.9 Å². The topological polar surface area (TPSA) is 49.8 Å². The third kappa shape index (κ3) is 4.58. The van der Waals surface area contributed by atoms with E-state index in [2.05, 4.69) is 0 Å². The lowest BCUT2D eigenvalue weighted by molar-refractivity contribution is -0.143. The maximum absolute atomic E-state index is 10.9. The van der Waals surface area contributed by atoms with E-state index in [1.165, 1.54) is 0 Å². The van der Waals surface area contributed by atoms with Crippen molar-refractivity contribution in [2.24, 2.45) is 0 Å². The number of carboxylic acid groups (broad SMARTS) is 1. The molecular weight excluding hydrogens is 182 g/mol. The van der Waals surface area contributed by atoms with Gasteiger partial charge in [-0.25, -0.2) is 0 Å². The van der Waals surface area contributed by atoms with Gasteiger partial charge in [0.2, 0.25) is 0 Å². The van der Waals surface area contributed by atoms with Crippen LogP contribution in [0.25, 0.3) is 0 Å². The second-order valence-corrected chi connectivity index (χ2v) is 3.09. The minimum Gasteiger partial charge on any atom is -0.480 e. The third-order valence-corrected chi connectivity index (χ3v) is 2.25. The van der Waals surface area contributed by atoms with Crippen LogP contribution in [0, 0.1) is 0 Å². The Hall–Kier alpha value is -0.610. The summed E-state index contributed by atoms with van der Waals surface area (Å²) in [5.41, 5.74) is 0. The highest BCUT2D eigenvalue weighted by atomic mass is 16.5. The van der Waals surface area contributed by atoms with E-state index >= 15 is 0 Å². The largest absolute Gasteiger partial charge is 0.480 e. The molecule has 0 aliphatic heterocycles. The summed E-state index contributed by atoms with van der Waals surface area (Å²) in [5.74, 6) is -0.745. The van der Waals surface area contributed by atoms with Gasteiger partial charge in [-0.1, -0.05) is 13.8 Å². The summed E-state index contributed by atoms with van der Waals surface area (Å²) in [7, 11) is 0. The standard InChI is InChI=1S/C10H21NO3/c1-4-9(10(12)13)11(5-2)7-8-14-6-3/h9H,4-8H2,1-3H3,(H,12,13). The first-order chi connectivity index (χ1) is 6.67. The van der Waals surface area contributed by atoms with Gasteiger partial charge in [0.05, 0.1) is 6.61 Å². The van der Waals surface area contributed by atoms with Crippen LogP contribution < -0.4 is 0 Å². The van der Waals surface area contributed by atoms with Crippen molar-refractivity contribution in [3.63, 3.8) is 0 Å². The molecule has 1 atom stereocenters. The molecule has 0 aromatic rings. The Bertz CT molecular complexity index is 161. The SMILES string of the molecule is CCOCCN(CC)C(CC)C(=O)O. The molecule has 0 saturated heterocycles. The molecule has 4 heteroatoms. The van der Waals surface area contributed by atoms with Crippen molar-refractivity contribution >= 4 is 5.97 Å². The van der Waals surface area contributed by atoms with Gasteiger partial charge in [-0.2, -0.15) is 0 Å². The Labute approximate surface area is 85.9 Å². The first kappa shape index (κ1) is 13.4. The van der Waals surface area contributed by atoms with E-state index < -0.39 is 5.97 Å². The molecule has 0 spiro atoms. The summed E-state index contributed by atoms with van der Waals surface area (Å²) in [6.07, 6.45) is 0.634. The fourth-order valence-corrected chi connectivity index (χ4v) is 1.45. The number of carboxylic acids is 1. The average Bonchev–Trinajstić information content (AvgIpc) is 2.16.